The predicted molar refractivity (Wildman–Crippen MR) is 56.1 cm³/mol. The highest BCUT2D eigenvalue weighted by Crippen LogP contribution is 2.17. The largest absolute Gasteiger partial charge is 0.326 e. The summed E-state index contributed by atoms with van der Waals surface area (Å²) in [7, 11) is 0. The van der Waals surface area contributed by atoms with Crippen molar-refractivity contribution in [3.63, 3.8) is 0 Å². The van der Waals surface area contributed by atoms with Crippen molar-refractivity contribution in [3.8, 4) is 5.69 Å². The van der Waals surface area contributed by atoms with Gasteiger partial charge in [0.25, 0.3) is 0 Å². The fourth-order valence-electron chi connectivity index (χ4n) is 1.54. The average Bonchev–Trinajstić information content (AvgIpc) is 2.60. The molecule has 0 spiro atoms. The molecule has 2 N–H and O–H groups in total. The topological polar surface area (TPSA) is 43.8 Å². The molecule has 1 aromatic heterocycles. The van der Waals surface area contributed by atoms with Gasteiger partial charge >= 0.3 is 0 Å². The molecule has 0 saturated carbocycles. The Morgan fingerprint density at radius 3 is 2.69 bits per heavy atom. The number of halogens is 2. The van der Waals surface area contributed by atoms with Crippen LogP contribution in [0.5, 0.6) is 0 Å². The van der Waals surface area contributed by atoms with E-state index in [4.69, 9.17) is 5.73 Å². The Kier molecular flexibility index (Phi) is 2.70. The van der Waals surface area contributed by atoms with Crippen molar-refractivity contribution >= 4 is 0 Å². The molecular formula is C11H11F2N3. The predicted octanol–water partition coefficient (Wildman–Crippen LogP) is 1.92. The summed E-state index contributed by atoms with van der Waals surface area (Å²) in [5.74, 6) is -1.25. The second-order valence-electron chi connectivity index (χ2n) is 3.47. The molecule has 1 aromatic carbocycles. The molecule has 1 heterocycles. The van der Waals surface area contributed by atoms with E-state index in [1.54, 1.807) is 13.1 Å². The van der Waals surface area contributed by atoms with Crippen LogP contribution in [0.15, 0.2) is 24.4 Å². The van der Waals surface area contributed by atoms with Gasteiger partial charge in [-0.05, 0) is 19.1 Å². The maximum absolute atomic E-state index is 13.5. The van der Waals surface area contributed by atoms with Crippen LogP contribution in [-0.2, 0) is 6.54 Å². The molecule has 0 amide bonds. The highest BCUT2D eigenvalue weighted by Gasteiger charge is 2.11. The number of hydrogen-bond acceptors (Lipinski definition) is 2. The van der Waals surface area contributed by atoms with Crippen LogP contribution in [0.2, 0.25) is 0 Å². The Labute approximate surface area is 91.5 Å². The van der Waals surface area contributed by atoms with E-state index in [-0.39, 0.29) is 5.69 Å². The average molecular weight is 223 g/mol. The Morgan fingerprint density at radius 2 is 2.12 bits per heavy atom. The summed E-state index contributed by atoms with van der Waals surface area (Å²) >= 11 is 0. The molecular weight excluding hydrogens is 212 g/mol. The zero-order chi connectivity index (χ0) is 11.7. The minimum absolute atomic E-state index is 0.221. The second-order valence-corrected chi connectivity index (χ2v) is 3.47. The van der Waals surface area contributed by atoms with E-state index in [2.05, 4.69) is 5.10 Å². The van der Waals surface area contributed by atoms with Gasteiger partial charge in [0.15, 0.2) is 5.82 Å². The molecule has 0 aliphatic carbocycles. The van der Waals surface area contributed by atoms with E-state index >= 15 is 0 Å². The normalized spacial score (nSPS) is 10.8. The zero-order valence-corrected chi connectivity index (χ0v) is 8.74. The van der Waals surface area contributed by atoms with E-state index in [1.807, 2.05) is 0 Å². The monoisotopic (exact) mass is 223 g/mol. The molecule has 16 heavy (non-hydrogen) atoms. The third-order valence-electron chi connectivity index (χ3n) is 2.47. The number of aromatic nitrogens is 2. The fourth-order valence-corrected chi connectivity index (χ4v) is 1.54. The smallest absolute Gasteiger partial charge is 0.151 e. The van der Waals surface area contributed by atoms with Crippen LogP contribution in [0.4, 0.5) is 8.78 Å². The van der Waals surface area contributed by atoms with Crippen LogP contribution >= 0.6 is 0 Å². The summed E-state index contributed by atoms with van der Waals surface area (Å²) in [5, 5.41) is 4.02. The van der Waals surface area contributed by atoms with Crippen molar-refractivity contribution in [1.29, 1.82) is 0 Å². The van der Waals surface area contributed by atoms with Crippen molar-refractivity contribution in [2.75, 3.05) is 0 Å². The molecule has 5 heteroatoms. The molecule has 0 bridgehead atoms. The number of benzene rings is 1. The Hall–Kier alpha value is -1.75. The first-order valence-corrected chi connectivity index (χ1v) is 4.82. The van der Waals surface area contributed by atoms with Gasteiger partial charge in [0.2, 0.25) is 0 Å². The number of nitrogens with two attached hydrogens (primary N) is 1. The quantitative estimate of drug-likeness (QED) is 0.845. The third kappa shape index (κ3) is 1.69. The zero-order valence-electron chi connectivity index (χ0n) is 8.74. The summed E-state index contributed by atoms with van der Waals surface area (Å²) in [6.07, 6.45) is 1.58. The first-order valence-electron chi connectivity index (χ1n) is 4.82. The van der Waals surface area contributed by atoms with Crippen LogP contribution in [0.1, 0.15) is 11.3 Å². The van der Waals surface area contributed by atoms with Crippen LogP contribution < -0.4 is 5.73 Å². The van der Waals surface area contributed by atoms with Gasteiger partial charge in [-0.1, -0.05) is 0 Å². The SMILES string of the molecule is Cc1c(CN)cnn1-c1ccc(F)cc1F. The standard InChI is InChI=1S/C11H11F2N3/c1-7-8(5-14)6-15-16(7)11-3-2-9(12)4-10(11)13/h2-4,6H,5,14H2,1H3. The first kappa shape index (κ1) is 10.8. The Bertz CT molecular complexity index is 520. The molecule has 0 radical (unpaired) electrons. The van der Waals surface area contributed by atoms with Crippen LogP contribution in [0.25, 0.3) is 5.69 Å². The third-order valence-corrected chi connectivity index (χ3v) is 2.47. The molecule has 3 nitrogen and oxygen atoms in total. The molecule has 0 aliphatic rings. The summed E-state index contributed by atoms with van der Waals surface area (Å²) < 4.78 is 27.7. The van der Waals surface area contributed by atoms with Crippen molar-refractivity contribution in [3.05, 3.63) is 47.3 Å². The van der Waals surface area contributed by atoms with Gasteiger partial charge in [-0.2, -0.15) is 5.10 Å². The van der Waals surface area contributed by atoms with Gasteiger partial charge in [-0.3, -0.25) is 0 Å². The molecule has 0 atom stereocenters. The minimum atomic E-state index is -0.644. The van der Waals surface area contributed by atoms with E-state index < -0.39 is 11.6 Å². The maximum atomic E-state index is 13.5. The lowest BCUT2D eigenvalue weighted by Crippen LogP contribution is -2.04. The van der Waals surface area contributed by atoms with Gasteiger partial charge in [0, 0.05) is 23.9 Å². The van der Waals surface area contributed by atoms with Gasteiger partial charge in [0.05, 0.1) is 6.20 Å². The summed E-state index contributed by atoms with van der Waals surface area (Å²) in [6.45, 7) is 2.13. The molecule has 2 aromatic rings. The number of rotatable bonds is 2. The molecule has 0 fully saturated rings. The Morgan fingerprint density at radius 1 is 1.38 bits per heavy atom. The van der Waals surface area contributed by atoms with Crippen LogP contribution in [0, 0.1) is 18.6 Å². The highest BCUT2D eigenvalue weighted by molar-refractivity contribution is 5.36. The molecule has 84 valence electrons. The van der Waals surface area contributed by atoms with E-state index in [9.17, 15) is 8.78 Å². The van der Waals surface area contributed by atoms with E-state index in [0.717, 1.165) is 17.3 Å². The molecule has 0 saturated heterocycles. The van der Waals surface area contributed by atoms with Crippen LogP contribution in [-0.4, -0.2) is 9.78 Å². The second kappa shape index (κ2) is 4.02. The molecule has 0 aliphatic heterocycles. The highest BCUT2D eigenvalue weighted by atomic mass is 19.1. The number of hydrogen-bond donors (Lipinski definition) is 1. The van der Waals surface area contributed by atoms with E-state index in [0.29, 0.717) is 6.54 Å². The van der Waals surface area contributed by atoms with Gasteiger partial charge < -0.3 is 5.73 Å². The van der Waals surface area contributed by atoms with Crippen molar-refractivity contribution in [2.45, 2.75) is 13.5 Å². The molecule has 2 rings (SSSR count). The lowest BCUT2D eigenvalue weighted by molar-refractivity contribution is 0.572. The van der Waals surface area contributed by atoms with Crippen molar-refractivity contribution < 1.29 is 8.78 Å². The van der Waals surface area contributed by atoms with Crippen LogP contribution in [0.3, 0.4) is 0 Å². The first-order chi connectivity index (χ1) is 7.63. The van der Waals surface area contributed by atoms with Crippen molar-refractivity contribution in [1.82, 2.24) is 9.78 Å². The van der Waals surface area contributed by atoms with Gasteiger partial charge in [-0.15, -0.1) is 0 Å². The minimum Gasteiger partial charge on any atom is -0.326 e. The number of nitrogens with zero attached hydrogens (tertiary/aromatic N) is 2. The summed E-state index contributed by atoms with van der Waals surface area (Å²) in [4.78, 5) is 0. The lowest BCUT2D eigenvalue weighted by Gasteiger charge is -2.06. The Balaban J connectivity index is 2.54. The van der Waals surface area contributed by atoms with Gasteiger partial charge in [0.1, 0.15) is 11.5 Å². The lowest BCUT2D eigenvalue weighted by atomic mass is 10.2. The fraction of sp³-hybridized carbons (Fsp3) is 0.182. The maximum Gasteiger partial charge on any atom is 0.151 e. The van der Waals surface area contributed by atoms with Gasteiger partial charge in [-0.25, -0.2) is 13.5 Å². The van der Waals surface area contributed by atoms with E-state index in [1.165, 1.54) is 16.8 Å². The summed E-state index contributed by atoms with van der Waals surface area (Å²) in [6, 6.07) is 3.38. The molecule has 0 unspecified atom stereocenters. The summed E-state index contributed by atoms with van der Waals surface area (Å²) in [5.41, 5.74) is 7.31. The van der Waals surface area contributed by atoms with Crippen molar-refractivity contribution in [2.24, 2.45) is 5.73 Å².